The topological polar surface area (TPSA) is 391 Å². The highest BCUT2D eigenvalue weighted by Crippen LogP contribution is 2.58. The second-order valence-electron chi connectivity index (χ2n) is 17.8. The molecule has 30 nitrogen and oxygen atoms in total. The van der Waals surface area contributed by atoms with Crippen molar-refractivity contribution in [2.24, 2.45) is 23.7 Å². The molecule has 3 aliphatic heterocycles. The number of non-ortho nitro benzene ring substituents is 2. The Bertz CT molecular complexity index is 3390. The Morgan fingerprint density at radius 3 is 1.75 bits per heavy atom. The molecule has 0 spiro atoms. The number of phosphoric acid groups is 1. The van der Waals surface area contributed by atoms with Gasteiger partial charge >= 0.3 is 31.4 Å². The number of carbonyl (C=O) groups excluding carboxylic acids is 6. The molecule has 2 aromatic heterocycles. The summed E-state index contributed by atoms with van der Waals surface area (Å²) in [5.74, 6) is -8.38. The summed E-state index contributed by atoms with van der Waals surface area (Å²) in [7, 11) is -4.66. The normalized spacial score (nSPS) is 19.2. The van der Waals surface area contributed by atoms with Crippen LogP contribution >= 0.6 is 7.82 Å². The maximum Gasteiger partial charge on any atom is 0.646 e. The minimum atomic E-state index is -4.66. The third-order valence-corrected chi connectivity index (χ3v) is 14.3. The highest BCUT2D eigenvalue weighted by molar-refractivity contribution is 7.49. The van der Waals surface area contributed by atoms with E-state index in [0.29, 0.717) is 5.56 Å². The van der Waals surface area contributed by atoms with Gasteiger partial charge in [0.1, 0.15) is 36.5 Å². The average molecular weight is 1100 g/mol. The van der Waals surface area contributed by atoms with Crippen LogP contribution in [0.4, 0.5) is 11.4 Å². The maximum atomic E-state index is 14.4. The van der Waals surface area contributed by atoms with Gasteiger partial charge in [0, 0.05) is 36.1 Å². The smallest absolute Gasteiger partial charge is 0.452 e. The average Bonchev–Trinajstić information content (AvgIpc) is 3.71. The molecule has 79 heavy (non-hydrogen) atoms. The van der Waals surface area contributed by atoms with Crippen LogP contribution in [0.15, 0.2) is 133 Å². The molecule has 2 saturated heterocycles. The lowest BCUT2D eigenvalue weighted by molar-refractivity contribution is -0.385. The van der Waals surface area contributed by atoms with Crippen LogP contribution in [-0.4, -0.2) is 113 Å². The fourth-order valence-electron chi connectivity index (χ4n) is 8.85. The van der Waals surface area contributed by atoms with Crippen molar-refractivity contribution >= 4 is 60.4 Å². The molecule has 0 radical (unpaired) electrons. The SMILES string of the molecule is C[C@H]([C@H]1C(=O)N2C(C(=O)OC(=O)c3ccc([N+](=O)[O-])cc3)=C(OP(=O)(Oc3ccccc3)Oc3ccccc3)[C@H](C)[C@H]12)n1cnnn1.C[C@H]([C@H]1C(=O)N[C@@H]1[C@@H](C)C(=O)C(=[N+]=[N-])C(=O)OCc1ccc([N+](=O)[O-])cc1)n1cnnn1. The number of nitrogens with one attached hydrogen (secondary N) is 1. The third-order valence-electron chi connectivity index (χ3n) is 13.0. The molecule has 2 fully saturated rings. The van der Waals surface area contributed by atoms with Crippen LogP contribution in [0.2, 0.25) is 0 Å². The van der Waals surface area contributed by atoms with Crippen molar-refractivity contribution in [3.8, 4) is 11.5 Å². The molecule has 0 aliphatic carbocycles. The second-order valence-corrected chi connectivity index (χ2v) is 19.2. The van der Waals surface area contributed by atoms with Crippen LogP contribution in [0.3, 0.4) is 0 Å². The van der Waals surface area contributed by atoms with Crippen LogP contribution < -0.4 is 14.4 Å². The van der Waals surface area contributed by atoms with Gasteiger partial charge in [0.25, 0.3) is 17.2 Å². The molecule has 8 atom stereocenters. The van der Waals surface area contributed by atoms with Gasteiger partial charge in [-0.2, -0.15) is 9.35 Å². The number of ketones is 1. The first-order valence-electron chi connectivity index (χ1n) is 23.6. The summed E-state index contributed by atoms with van der Waals surface area (Å²) < 4.78 is 44.7. The number of phosphoric ester groups is 1. The van der Waals surface area contributed by atoms with E-state index in [1.165, 1.54) is 77.5 Å². The van der Waals surface area contributed by atoms with Gasteiger partial charge in [0.05, 0.1) is 51.4 Å². The Morgan fingerprint density at radius 2 is 1.27 bits per heavy atom. The number of benzene rings is 4. The summed E-state index contributed by atoms with van der Waals surface area (Å²) >= 11 is 0. The number of rotatable bonds is 20. The van der Waals surface area contributed by atoms with Gasteiger partial charge in [-0.15, -0.1) is 10.2 Å². The molecule has 31 heteroatoms. The molecular formula is C48H43N14O16P. The zero-order valence-electron chi connectivity index (χ0n) is 41.7. The van der Waals surface area contributed by atoms with Gasteiger partial charge in [-0.3, -0.25) is 39.5 Å². The van der Waals surface area contributed by atoms with Crippen LogP contribution in [0.5, 0.6) is 11.5 Å². The van der Waals surface area contributed by atoms with E-state index in [4.69, 9.17) is 23.0 Å². The summed E-state index contributed by atoms with van der Waals surface area (Å²) in [6.07, 6.45) is 2.69. The minimum absolute atomic E-state index is 0.125. The summed E-state index contributed by atoms with van der Waals surface area (Å²) in [4.78, 5) is 102. The first kappa shape index (κ1) is 55.0. The molecule has 0 bridgehead atoms. The highest BCUT2D eigenvalue weighted by Gasteiger charge is 2.63. The lowest BCUT2D eigenvalue weighted by Crippen LogP contribution is -2.65. The summed E-state index contributed by atoms with van der Waals surface area (Å²) in [6, 6.07) is 23.3. The van der Waals surface area contributed by atoms with Crippen molar-refractivity contribution in [1.82, 2.24) is 50.6 Å². The quantitative estimate of drug-likeness (QED) is 0.0128. The van der Waals surface area contributed by atoms with Crippen LogP contribution in [0.1, 0.15) is 55.7 Å². The number of esters is 3. The van der Waals surface area contributed by atoms with Crippen LogP contribution in [0, 0.1) is 43.9 Å². The van der Waals surface area contributed by atoms with Crippen molar-refractivity contribution in [2.75, 3.05) is 0 Å². The van der Waals surface area contributed by atoms with E-state index in [9.17, 15) is 59.1 Å². The minimum Gasteiger partial charge on any atom is -0.452 e. The maximum absolute atomic E-state index is 14.4. The highest BCUT2D eigenvalue weighted by atomic mass is 31.2. The van der Waals surface area contributed by atoms with Gasteiger partial charge < -0.3 is 33.9 Å². The number of para-hydroxylation sites is 2. The van der Waals surface area contributed by atoms with Crippen molar-refractivity contribution in [2.45, 2.75) is 58.5 Å². The lowest BCUT2D eigenvalue weighted by Gasteiger charge is -2.47. The first-order valence-corrected chi connectivity index (χ1v) is 25.1. The fourth-order valence-corrected chi connectivity index (χ4v) is 10.2. The number of nitro groups is 2. The molecule has 406 valence electrons. The van der Waals surface area contributed by atoms with Crippen molar-refractivity contribution < 1.29 is 71.0 Å². The van der Waals surface area contributed by atoms with Crippen molar-refractivity contribution in [3.63, 3.8) is 0 Å². The Kier molecular flexibility index (Phi) is 16.3. The number of Topliss-reactive ketones (excluding diaryl/α,β-unsaturated/α-hetero) is 1. The number of nitro benzene ring substituents is 2. The van der Waals surface area contributed by atoms with Gasteiger partial charge in [0.2, 0.25) is 11.8 Å². The van der Waals surface area contributed by atoms with Gasteiger partial charge in [0.15, 0.2) is 5.70 Å². The van der Waals surface area contributed by atoms with Crippen LogP contribution in [-0.2, 0) is 49.1 Å². The molecule has 5 heterocycles. The van der Waals surface area contributed by atoms with Crippen molar-refractivity contribution in [1.29, 1.82) is 0 Å². The molecule has 0 saturated carbocycles. The molecule has 6 aromatic rings. The van der Waals surface area contributed by atoms with Gasteiger partial charge in [-0.1, -0.05) is 50.2 Å². The number of ether oxygens (including phenoxy) is 2. The number of carbonyl (C=O) groups is 6. The zero-order chi connectivity index (χ0) is 56.7. The second kappa shape index (κ2) is 23.4. The van der Waals surface area contributed by atoms with E-state index in [1.54, 1.807) is 57.2 Å². The molecule has 0 unspecified atom stereocenters. The first-order chi connectivity index (χ1) is 37.8. The Morgan fingerprint density at radius 1 is 0.747 bits per heavy atom. The molecule has 4 aromatic carbocycles. The number of tetrazole rings is 2. The Labute approximate surface area is 444 Å². The number of amides is 2. The van der Waals surface area contributed by atoms with Gasteiger partial charge in [-0.05, 0) is 88.8 Å². The predicted molar refractivity (Wildman–Crippen MR) is 263 cm³/mol. The van der Waals surface area contributed by atoms with E-state index in [1.807, 2.05) is 0 Å². The largest absolute Gasteiger partial charge is 0.646 e. The molecular weight excluding hydrogens is 1060 g/mol. The number of fused-ring (bicyclic) bond motifs is 1. The van der Waals surface area contributed by atoms with Crippen LogP contribution in [0.25, 0.3) is 5.53 Å². The molecule has 2 amide bonds. The monoisotopic (exact) mass is 1100 g/mol. The molecule has 9 rings (SSSR count). The predicted octanol–water partition coefficient (Wildman–Crippen LogP) is 4.37. The number of hydrogen-bond acceptors (Lipinski definition) is 22. The fraction of sp³-hybridized carbons (Fsp3) is 0.271. The zero-order valence-corrected chi connectivity index (χ0v) is 42.6. The summed E-state index contributed by atoms with van der Waals surface area (Å²) in [5.41, 5.74) is 7.79. The number of nitrogens with zero attached hydrogens (tertiary/aromatic N) is 13. The van der Waals surface area contributed by atoms with E-state index in [0.717, 1.165) is 29.2 Å². The number of hydrogen-bond donors (Lipinski definition) is 1. The summed E-state index contributed by atoms with van der Waals surface area (Å²) in [5, 5.41) is 46.3. The third kappa shape index (κ3) is 11.8. The summed E-state index contributed by atoms with van der Waals surface area (Å²) in [6.45, 7) is 6.27. The standard InChI is InChI=1S/C30H25N6O10P.C18H18N8O6/c1-18-25-24(19(2)34-17-31-32-33-34)28(37)35(25)26(30(39)43-29(38)20-13-15-21(16-14-20)36(40)41)27(18)46-47(42,44-22-9-5-3-6-10-22)45-23-11-7-4-8-12-23;1-9(14-13(17(28)21-14)10(2)25-8-20-23-24-25)16(27)15(22-19)18(29)32-7-11-3-5-12(6-4-11)26(30)31/h3-19,24-25H,1-2H3;3-6,8-10,13-14H,7H2,1-2H3,(H,21,28)/t18-,19-,24-,25-;9-,10-,13-,14-/m11/s1. The van der Waals surface area contributed by atoms with Crippen molar-refractivity contribution in [3.05, 3.63) is 170 Å². The Hall–Kier alpha value is -10.2. The molecule has 3 aliphatic rings. The Balaban J connectivity index is 0.000000224. The number of β-lactam (4-membered cyclic amide) rings is 2. The lowest BCUT2D eigenvalue weighted by atomic mass is 9.75. The van der Waals surface area contributed by atoms with E-state index < -0.39 is 107 Å². The van der Waals surface area contributed by atoms with E-state index in [-0.39, 0.29) is 46.7 Å². The molecule has 1 N–H and O–H groups in total. The van der Waals surface area contributed by atoms with E-state index in [2.05, 4.69) is 41.2 Å². The number of aromatic nitrogens is 8. The van der Waals surface area contributed by atoms with E-state index >= 15 is 0 Å². The van der Waals surface area contributed by atoms with Gasteiger partial charge in [-0.25, -0.2) is 23.7 Å².